The Hall–Kier alpha value is -2.12. The average Bonchev–Trinajstić information content (AvgIpc) is 2.98. The van der Waals surface area contributed by atoms with Crippen LogP contribution in [0.2, 0.25) is 0 Å². The van der Waals surface area contributed by atoms with E-state index >= 15 is 0 Å². The number of nitro groups is 1. The highest BCUT2D eigenvalue weighted by atomic mass is 79.9. The highest BCUT2D eigenvalue weighted by Gasteiger charge is 2.09. The Morgan fingerprint density at radius 3 is 2.29 bits per heavy atom. The molecule has 0 aliphatic carbocycles. The molecule has 5 nitrogen and oxygen atoms in total. The first kappa shape index (κ1) is 15.3. The minimum atomic E-state index is -0.409. The van der Waals surface area contributed by atoms with Crippen molar-refractivity contribution in [1.29, 1.82) is 0 Å². The normalized spacial score (nSPS) is 9.90. The van der Waals surface area contributed by atoms with Gasteiger partial charge in [-0.1, -0.05) is 0 Å². The fraction of sp³-hybridized carbons (Fsp3) is 0. The summed E-state index contributed by atoms with van der Waals surface area (Å²) in [5.74, 6) is 0. The third-order valence-corrected chi connectivity index (χ3v) is 3.70. The summed E-state index contributed by atoms with van der Waals surface area (Å²) in [5, 5.41) is 13.5. The quantitative estimate of drug-likeness (QED) is 0.512. The standard InChI is InChI=1S/C14H9N3O2S.BrH/c18-17(19)12-3-1-10(2-4-12)13-9-20-14(16-13)11-5-7-15-8-6-11;/h1-9H;1H. The van der Waals surface area contributed by atoms with Crippen LogP contribution in [0, 0.1) is 10.1 Å². The summed E-state index contributed by atoms with van der Waals surface area (Å²) in [7, 11) is 0. The highest BCUT2D eigenvalue weighted by Crippen LogP contribution is 2.29. The lowest BCUT2D eigenvalue weighted by molar-refractivity contribution is -0.384. The number of rotatable bonds is 3. The number of aromatic nitrogens is 2. The van der Waals surface area contributed by atoms with Gasteiger partial charge in [0, 0.05) is 41.0 Å². The highest BCUT2D eigenvalue weighted by molar-refractivity contribution is 8.93. The van der Waals surface area contributed by atoms with Crippen molar-refractivity contribution in [2.24, 2.45) is 0 Å². The Morgan fingerprint density at radius 2 is 1.67 bits per heavy atom. The lowest BCUT2D eigenvalue weighted by atomic mass is 10.1. The van der Waals surface area contributed by atoms with Crippen LogP contribution in [0.4, 0.5) is 5.69 Å². The summed E-state index contributed by atoms with van der Waals surface area (Å²) in [6, 6.07) is 10.2. The number of benzene rings is 1. The van der Waals surface area contributed by atoms with Gasteiger partial charge in [0.05, 0.1) is 10.6 Å². The topological polar surface area (TPSA) is 68.9 Å². The van der Waals surface area contributed by atoms with E-state index in [1.165, 1.54) is 23.5 Å². The molecule has 0 aliphatic heterocycles. The summed E-state index contributed by atoms with van der Waals surface area (Å²) in [6.07, 6.45) is 3.45. The second-order valence-electron chi connectivity index (χ2n) is 4.08. The second-order valence-corrected chi connectivity index (χ2v) is 4.94. The number of hydrogen-bond donors (Lipinski definition) is 0. The number of halogens is 1. The lowest BCUT2D eigenvalue weighted by Crippen LogP contribution is -1.87. The molecule has 7 heteroatoms. The van der Waals surface area contributed by atoms with Crippen LogP contribution in [-0.4, -0.2) is 14.9 Å². The lowest BCUT2D eigenvalue weighted by Gasteiger charge is -1.96. The van der Waals surface area contributed by atoms with Crippen LogP contribution < -0.4 is 0 Å². The molecule has 0 unspecified atom stereocenters. The van der Waals surface area contributed by atoms with Crippen molar-refractivity contribution < 1.29 is 4.92 Å². The van der Waals surface area contributed by atoms with Crippen molar-refractivity contribution in [2.45, 2.75) is 0 Å². The molecule has 21 heavy (non-hydrogen) atoms. The van der Waals surface area contributed by atoms with Crippen LogP contribution in [0.1, 0.15) is 0 Å². The number of pyridine rings is 1. The molecule has 0 N–H and O–H groups in total. The van der Waals surface area contributed by atoms with Gasteiger partial charge in [-0.3, -0.25) is 15.1 Å². The van der Waals surface area contributed by atoms with Gasteiger partial charge in [0.2, 0.25) is 0 Å². The molecule has 0 atom stereocenters. The number of thiazole rings is 1. The van der Waals surface area contributed by atoms with Gasteiger partial charge < -0.3 is 0 Å². The van der Waals surface area contributed by atoms with Crippen molar-refractivity contribution in [1.82, 2.24) is 9.97 Å². The van der Waals surface area contributed by atoms with E-state index in [1.807, 2.05) is 17.5 Å². The van der Waals surface area contributed by atoms with Crippen molar-refractivity contribution >= 4 is 34.0 Å². The minimum absolute atomic E-state index is 0. The van der Waals surface area contributed by atoms with Crippen LogP contribution in [0.3, 0.4) is 0 Å². The maximum absolute atomic E-state index is 10.6. The molecule has 3 rings (SSSR count). The van der Waals surface area contributed by atoms with Crippen LogP contribution >= 0.6 is 28.3 Å². The van der Waals surface area contributed by atoms with Gasteiger partial charge in [0.15, 0.2) is 0 Å². The van der Waals surface area contributed by atoms with E-state index in [2.05, 4.69) is 9.97 Å². The Kier molecular flexibility index (Phi) is 4.77. The fourth-order valence-corrected chi connectivity index (χ4v) is 2.62. The Labute approximate surface area is 135 Å². The number of nitrogens with zero attached hydrogens (tertiary/aromatic N) is 3. The van der Waals surface area contributed by atoms with Gasteiger partial charge in [-0.15, -0.1) is 28.3 Å². The predicted octanol–water partition coefficient (Wildman–Crippen LogP) is 4.36. The number of nitro benzene ring substituents is 1. The van der Waals surface area contributed by atoms with E-state index < -0.39 is 4.92 Å². The molecular formula is C14H10BrN3O2S. The Balaban J connectivity index is 0.00000161. The third-order valence-electron chi connectivity index (χ3n) is 2.81. The first-order valence-electron chi connectivity index (χ1n) is 5.85. The minimum Gasteiger partial charge on any atom is -0.265 e. The molecule has 2 aromatic heterocycles. The first-order valence-corrected chi connectivity index (χ1v) is 6.73. The first-order chi connectivity index (χ1) is 9.74. The van der Waals surface area contributed by atoms with Gasteiger partial charge >= 0.3 is 0 Å². The molecule has 0 saturated carbocycles. The maximum Gasteiger partial charge on any atom is 0.269 e. The molecule has 106 valence electrons. The summed E-state index contributed by atoms with van der Waals surface area (Å²) in [4.78, 5) is 18.7. The molecule has 1 aromatic carbocycles. The van der Waals surface area contributed by atoms with E-state index in [1.54, 1.807) is 24.5 Å². The zero-order valence-electron chi connectivity index (χ0n) is 10.7. The van der Waals surface area contributed by atoms with Gasteiger partial charge in [0.25, 0.3) is 5.69 Å². The second kappa shape index (κ2) is 6.55. The van der Waals surface area contributed by atoms with Crippen molar-refractivity contribution in [2.75, 3.05) is 0 Å². The van der Waals surface area contributed by atoms with E-state index in [-0.39, 0.29) is 22.7 Å². The number of non-ortho nitro benzene ring substituents is 1. The van der Waals surface area contributed by atoms with E-state index in [0.717, 1.165) is 21.8 Å². The van der Waals surface area contributed by atoms with Gasteiger partial charge in [-0.05, 0) is 24.3 Å². The predicted molar refractivity (Wildman–Crippen MR) is 87.8 cm³/mol. The van der Waals surface area contributed by atoms with Crippen LogP contribution in [-0.2, 0) is 0 Å². The summed E-state index contributed by atoms with van der Waals surface area (Å²) in [5.41, 5.74) is 2.78. The fourth-order valence-electron chi connectivity index (χ4n) is 1.79. The monoisotopic (exact) mass is 363 g/mol. The van der Waals surface area contributed by atoms with E-state index in [9.17, 15) is 10.1 Å². The SMILES string of the molecule is Br.O=[N+]([O-])c1ccc(-c2csc(-c3ccncc3)n2)cc1. The van der Waals surface area contributed by atoms with Crippen LogP contribution in [0.5, 0.6) is 0 Å². The molecule has 0 aliphatic rings. The molecular weight excluding hydrogens is 354 g/mol. The summed E-state index contributed by atoms with van der Waals surface area (Å²) >= 11 is 1.54. The van der Waals surface area contributed by atoms with Crippen molar-refractivity contribution in [3.05, 3.63) is 64.3 Å². The zero-order chi connectivity index (χ0) is 13.9. The Bertz CT molecular complexity index is 744. The molecule has 0 bridgehead atoms. The molecule has 0 spiro atoms. The number of hydrogen-bond acceptors (Lipinski definition) is 5. The molecule has 0 fully saturated rings. The molecule has 0 saturated heterocycles. The van der Waals surface area contributed by atoms with Crippen molar-refractivity contribution in [3.8, 4) is 21.8 Å². The van der Waals surface area contributed by atoms with Gasteiger partial charge in [0.1, 0.15) is 5.01 Å². The summed E-state index contributed by atoms with van der Waals surface area (Å²) in [6.45, 7) is 0. The average molecular weight is 364 g/mol. The van der Waals surface area contributed by atoms with E-state index in [4.69, 9.17) is 0 Å². The molecule has 2 heterocycles. The molecule has 0 radical (unpaired) electrons. The molecule has 0 amide bonds. The van der Waals surface area contributed by atoms with Crippen LogP contribution in [0.15, 0.2) is 54.2 Å². The van der Waals surface area contributed by atoms with Crippen molar-refractivity contribution in [3.63, 3.8) is 0 Å². The third kappa shape index (κ3) is 3.32. The smallest absolute Gasteiger partial charge is 0.265 e. The Morgan fingerprint density at radius 1 is 1.00 bits per heavy atom. The van der Waals surface area contributed by atoms with Crippen LogP contribution in [0.25, 0.3) is 21.8 Å². The maximum atomic E-state index is 10.6. The largest absolute Gasteiger partial charge is 0.269 e. The summed E-state index contributed by atoms with van der Waals surface area (Å²) < 4.78 is 0. The van der Waals surface area contributed by atoms with E-state index in [0.29, 0.717) is 0 Å². The van der Waals surface area contributed by atoms with Gasteiger partial charge in [-0.2, -0.15) is 0 Å². The zero-order valence-corrected chi connectivity index (χ0v) is 13.2. The molecule has 3 aromatic rings. The van der Waals surface area contributed by atoms with Gasteiger partial charge in [-0.25, -0.2) is 4.98 Å².